The van der Waals surface area contributed by atoms with Crippen LogP contribution in [0.3, 0.4) is 0 Å². The Balaban J connectivity index is 1.86. The van der Waals surface area contributed by atoms with Gasteiger partial charge < -0.3 is 15.2 Å². The smallest absolute Gasteiger partial charge is 0.258 e. The quantitative estimate of drug-likeness (QED) is 0.862. The lowest BCUT2D eigenvalue weighted by Crippen LogP contribution is -2.40. The zero-order valence-electron chi connectivity index (χ0n) is 12.9. The highest BCUT2D eigenvalue weighted by molar-refractivity contribution is 5.77. The number of hydrogen-bond donors (Lipinski definition) is 2. The molecule has 0 aromatic heterocycles. The number of hydrogen-bond acceptors (Lipinski definition) is 3. The number of carbonyl (C=O) groups is 1. The second-order valence-electron chi connectivity index (χ2n) is 5.77. The number of nitrogens with one attached hydrogen (secondary N) is 1. The summed E-state index contributed by atoms with van der Waals surface area (Å²) in [5, 5.41) is 12.2. The van der Waals surface area contributed by atoms with Crippen LogP contribution in [0.1, 0.15) is 13.8 Å². The molecule has 0 saturated carbocycles. The van der Waals surface area contributed by atoms with E-state index in [0.29, 0.717) is 5.75 Å². The topological polar surface area (TPSA) is 58.6 Å². The Bertz CT molecular complexity index is 600. The highest BCUT2D eigenvalue weighted by Gasteiger charge is 2.13. The van der Waals surface area contributed by atoms with E-state index in [1.54, 1.807) is 13.8 Å². The van der Waals surface area contributed by atoms with E-state index >= 15 is 0 Å². The Morgan fingerprint density at radius 2 is 1.64 bits per heavy atom. The van der Waals surface area contributed by atoms with E-state index in [4.69, 9.17) is 4.74 Å². The van der Waals surface area contributed by atoms with E-state index in [1.165, 1.54) is 0 Å². The lowest BCUT2D eigenvalue weighted by atomic mass is 10.1. The summed E-state index contributed by atoms with van der Waals surface area (Å²) in [7, 11) is 0. The van der Waals surface area contributed by atoms with Crippen LogP contribution >= 0.6 is 0 Å². The maximum atomic E-state index is 11.6. The van der Waals surface area contributed by atoms with Crippen molar-refractivity contribution in [2.24, 2.45) is 0 Å². The minimum absolute atomic E-state index is 0.0687. The molecule has 0 unspecified atom stereocenters. The van der Waals surface area contributed by atoms with Gasteiger partial charge in [-0.25, -0.2) is 0 Å². The van der Waals surface area contributed by atoms with Crippen molar-refractivity contribution >= 4 is 5.91 Å². The van der Waals surface area contributed by atoms with Gasteiger partial charge in [-0.15, -0.1) is 0 Å². The van der Waals surface area contributed by atoms with Gasteiger partial charge in [0.15, 0.2) is 6.61 Å². The molecule has 0 fully saturated rings. The lowest BCUT2D eigenvalue weighted by molar-refractivity contribution is -0.124. The maximum Gasteiger partial charge on any atom is 0.258 e. The van der Waals surface area contributed by atoms with Crippen molar-refractivity contribution in [3.63, 3.8) is 0 Å². The summed E-state index contributed by atoms with van der Waals surface area (Å²) >= 11 is 0. The number of amides is 1. The number of carbonyl (C=O) groups excluding carboxylic acids is 1. The van der Waals surface area contributed by atoms with E-state index in [9.17, 15) is 9.90 Å². The summed E-state index contributed by atoms with van der Waals surface area (Å²) in [5.41, 5.74) is 1.31. The molecule has 22 heavy (non-hydrogen) atoms. The molecule has 0 spiro atoms. The van der Waals surface area contributed by atoms with E-state index in [2.05, 4.69) is 5.32 Å². The third kappa shape index (κ3) is 5.22. The summed E-state index contributed by atoms with van der Waals surface area (Å²) in [4.78, 5) is 11.6. The number of ether oxygens (including phenoxy) is 1. The molecule has 2 N–H and O–H groups in total. The minimum atomic E-state index is -0.924. The third-order valence-electron chi connectivity index (χ3n) is 3.05. The minimum Gasteiger partial charge on any atom is -0.484 e. The molecule has 0 radical (unpaired) electrons. The van der Waals surface area contributed by atoms with E-state index < -0.39 is 5.60 Å². The van der Waals surface area contributed by atoms with Crippen molar-refractivity contribution in [1.82, 2.24) is 5.32 Å². The first-order valence-electron chi connectivity index (χ1n) is 7.21. The van der Waals surface area contributed by atoms with E-state index in [1.807, 2.05) is 54.6 Å². The molecule has 2 rings (SSSR count). The molecule has 0 bridgehead atoms. The van der Waals surface area contributed by atoms with Crippen LogP contribution in [0.15, 0.2) is 54.6 Å². The molecule has 4 heteroatoms. The Kier molecular flexibility index (Phi) is 5.17. The van der Waals surface area contributed by atoms with Crippen LogP contribution in [-0.2, 0) is 4.79 Å². The van der Waals surface area contributed by atoms with Gasteiger partial charge in [0, 0.05) is 6.54 Å². The monoisotopic (exact) mass is 299 g/mol. The van der Waals surface area contributed by atoms with Crippen LogP contribution in [-0.4, -0.2) is 29.8 Å². The summed E-state index contributed by atoms with van der Waals surface area (Å²) in [5.74, 6) is 0.382. The highest BCUT2D eigenvalue weighted by Crippen LogP contribution is 2.21. The summed E-state index contributed by atoms with van der Waals surface area (Å²) in [6.07, 6.45) is 0. The van der Waals surface area contributed by atoms with Gasteiger partial charge in [-0.1, -0.05) is 42.5 Å². The Morgan fingerprint density at radius 3 is 2.23 bits per heavy atom. The van der Waals surface area contributed by atoms with Gasteiger partial charge in [0.1, 0.15) is 5.75 Å². The van der Waals surface area contributed by atoms with Crippen LogP contribution in [0.4, 0.5) is 0 Å². The summed E-state index contributed by atoms with van der Waals surface area (Å²) in [6.45, 7) is 3.40. The standard InChI is InChI=1S/C18H21NO3/c1-18(2,21)13-19-17(20)12-22-16-10-8-15(9-11-16)14-6-4-3-5-7-14/h3-11,21H,12-13H2,1-2H3,(H,19,20). The molecule has 2 aromatic carbocycles. The number of aliphatic hydroxyl groups is 1. The van der Waals surface area contributed by atoms with Crippen molar-refractivity contribution < 1.29 is 14.6 Å². The number of rotatable bonds is 6. The van der Waals surface area contributed by atoms with Gasteiger partial charge in [0.25, 0.3) is 5.91 Å². The average Bonchev–Trinajstić information content (AvgIpc) is 2.51. The van der Waals surface area contributed by atoms with Gasteiger partial charge >= 0.3 is 0 Å². The summed E-state index contributed by atoms with van der Waals surface area (Å²) < 4.78 is 5.43. The van der Waals surface area contributed by atoms with Crippen molar-refractivity contribution in [3.8, 4) is 16.9 Å². The maximum absolute atomic E-state index is 11.6. The first-order valence-corrected chi connectivity index (χ1v) is 7.21. The summed E-state index contributed by atoms with van der Waals surface area (Å²) in [6, 6.07) is 17.6. The molecule has 0 aliphatic heterocycles. The molecular weight excluding hydrogens is 278 g/mol. The fraction of sp³-hybridized carbons (Fsp3) is 0.278. The molecule has 4 nitrogen and oxygen atoms in total. The predicted molar refractivity (Wildman–Crippen MR) is 86.7 cm³/mol. The van der Waals surface area contributed by atoms with Crippen molar-refractivity contribution in [1.29, 1.82) is 0 Å². The Hall–Kier alpha value is -2.33. The van der Waals surface area contributed by atoms with E-state index in [0.717, 1.165) is 11.1 Å². The molecule has 116 valence electrons. The van der Waals surface area contributed by atoms with Crippen LogP contribution in [0.2, 0.25) is 0 Å². The molecule has 0 saturated heterocycles. The zero-order chi connectivity index (χ0) is 16.0. The highest BCUT2D eigenvalue weighted by atomic mass is 16.5. The van der Waals surface area contributed by atoms with Crippen molar-refractivity contribution in [2.45, 2.75) is 19.4 Å². The number of benzene rings is 2. The van der Waals surface area contributed by atoms with Crippen LogP contribution in [0.25, 0.3) is 11.1 Å². The second-order valence-corrected chi connectivity index (χ2v) is 5.77. The second kappa shape index (κ2) is 7.09. The molecular formula is C18H21NO3. The molecule has 1 amide bonds. The first kappa shape index (κ1) is 16.0. The Labute approximate surface area is 130 Å². The van der Waals surface area contributed by atoms with Gasteiger partial charge in [0.05, 0.1) is 5.60 Å². The molecule has 0 aliphatic carbocycles. The van der Waals surface area contributed by atoms with Crippen LogP contribution in [0.5, 0.6) is 5.75 Å². The van der Waals surface area contributed by atoms with Crippen LogP contribution in [0, 0.1) is 0 Å². The molecule has 2 aromatic rings. The molecule has 0 heterocycles. The fourth-order valence-corrected chi connectivity index (χ4v) is 1.89. The molecule has 0 aliphatic rings. The van der Waals surface area contributed by atoms with Crippen LogP contribution < -0.4 is 10.1 Å². The molecule has 0 atom stereocenters. The lowest BCUT2D eigenvalue weighted by Gasteiger charge is -2.17. The van der Waals surface area contributed by atoms with E-state index in [-0.39, 0.29) is 19.1 Å². The average molecular weight is 299 g/mol. The van der Waals surface area contributed by atoms with Gasteiger partial charge in [-0.3, -0.25) is 4.79 Å². The zero-order valence-corrected chi connectivity index (χ0v) is 12.9. The fourth-order valence-electron chi connectivity index (χ4n) is 1.89. The normalized spacial score (nSPS) is 11.0. The van der Waals surface area contributed by atoms with Crippen molar-refractivity contribution in [3.05, 3.63) is 54.6 Å². The van der Waals surface area contributed by atoms with Gasteiger partial charge in [-0.2, -0.15) is 0 Å². The van der Waals surface area contributed by atoms with Crippen molar-refractivity contribution in [2.75, 3.05) is 13.2 Å². The first-order chi connectivity index (χ1) is 10.4. The predicted octanol–water partition coefficient (Wildman–Crippen LogP) is 2.62. The van der Waals surface area contributed by atoms with Gasteiger partial charge in [-0.05, 0) is 37.1 Å². The largest absolute Gasteiger partial charge is 0.484 e. The SMILES string of the molecule is CC(C)(O)CNC(=O)COc1ccc(-c2ccccc2)cc1. The third-order valence-corrected chi connectivity index (χ3v) is 3.05. The Morgan fingerprint density at radius 1 is 1.05 bits per heavy atom. The van der Waals surface area contributed by atoms with Gasteiger partial charge in [0.2, 0.25) is 0 Å².